The summed E-state index contributed by atoms with van der Waals surface area (Å²) in [5, 5.41) is 11.6. The van der Waals surface area contributed by atoms with Gasteiger partial charge in [0.2, 0.25) is 17.5 Å². The molecule has 0 saturated heterocycles. The summed E-state index contributed by atoms with van der Waals surface area (Å²) in [5.74, 6) is -11.1. The number of carbonyl (C=O) groups is 5. The number of aliphatic carboxylic acids is 1. The molecule has 0 fully saturated rings. The van der Waals surface area contributed by atoms with Crippen molar-refractivity contribution < 1.29 is 47.0 Å². The number of ether oxygens (including phenoxy) is 1. The van der Waals surface area contributed by atoms with Crippen molar-refractivity contribution in [2.45, 2.75) is 58.4 Å². The fourth-order valence-corrected chi connectivity index (χ4v) is 4.85. The summed E-state index contributed by atoms with van der Waals surface area (Å²) in [5.41, 5.74) is 1.09. The molecule has 2 amide bonds. The smallest absolute Gasteiger partial charge is 0.305 e. The largest absolute Gasteiger partial charge is 0.481 e. The van der Waals surface area contributed by atoms with Crippen molar-refractivity contribution in [3.8, 4) is 5.75 Å². The first-order chi connectivity index (χ1) is 20.6. The molecule has 1 heterocycles. The Hall–Kier alpha value is -4.48. The van der Waals surface area contributed by atoms with Crippen molar-refractivity contribution in [2.24, 2.45) is 5.92 Å². The minimum Gasteiger partial charge on any atom is -0.481 e. The van der Waals surface area contributed by atoms with E-state index in [-0.39, 0.29) is 36.9 Å². The predicted octanol–water partition coefficient (Wildman–Crippen LogP) is 3.83. The van der Waals surface area contributed by atoms with E-state index in [2.05, 4.69) is 5.32 Å². The zero-order chi connectivity index (χ0) is 32.8. The van der Waals surface area contributed by atoms with Crippen LogP contribution in [0.5, 0.6) is 5.75 Å². The van der Waals surface area contributed by atoms with Gasteiger partial charge in [-0.15, -0.1) is 0 Å². The number of carboxylic acids is 1. The summed E-state index contributed by atoms with van der Waals surface area (Å²) in [6, 6.07) is 6.27. The van der Waals surface area contributed by atoms with E-state index in [4.69, 9.17) is 4.74 Å². The molecule has 0 saturated carbocycles. The van der Waals surface area contributed by atoms with E-state index in [1.54, 1.807) is 24.3 Å². The summed E-state index contributed by atoms with van der Waals surface area (Å²) in [4.78, 5) is 64.8. The molecule has 2 atom stereocenters. The van der Waals surface area contributed by atoms with Crippen LogP contribution >= 0.6 is 0 Å². The molecule has 2 aromatic rings. The van der Waals surface area contributed by atoms with Crippen molar-refractivity contribution >= 4 is 29.4 Å². The molecular weight excluding hydrogens is 581 g/mol. The first-order valence-electron chi connectivity index (χ1n) is 14.0. The lowest BCUT2D eigenvalue weighted by Crippen LogP contribution is -2.49. The van der Waals surface area contributed by atoms with E-state index in [1.807, 2.05) is 32.9 Å². The van der Waals surface area contributed by atoms with E-state index in [1.165, 1.54) is 4.90 Å². The summed E-state index contributed by atoms with van der Waals surface area (Å²) in [7, 11) is 0. The Labute approximate surface area is 253 Å². The fourth-order valence-electron chi connectivity index (χ4n) is 4.85. The Morgan fingerprint density at radius 1 is 1.07 bits per heavy atom. The molecule has 44 heavy (non-hydrogen) atoms. The number of nitrogens with one attached hydrogen (secondary N) is 1. The number of rotatable bonds is 11. The Morgan fingerprint density at radius 3 is 2.41 bits per heavy atom. The Morgan fingerprint density at radius 2 is 1.75 bits per heavy atom. The van der Waals surface area contributed by atoms with Crippen LogP contribution in [0.3, 0.4) is 0 Å². The highest BCUT2D eigenvalue weighted by Gasteiger charge is 2.32. The van der Waals surface area contributed by atoms with Crippen molar-refractivity contribution in [1.29, 1.82) is 0 Å². The number of allylic oxidation sites excluding steroid dienone is 1. The molecule has 12 heteroatoms. The second-order valence-electron chi connectivity index (χ2n) is 11.7. The lowest BCUT2D eigenvalue weighted by Gasteiger charge is -2.26. The molecule has 2 N–H and O–H groups in total. The zero-order valence-corrected chi connectivity index (χ0v) is 24.9. The molecule has 0 unspecified atom stereocenters. The molecular formula is C32H35F3N2O7. The lowest BCUT2D eigenvalue weighted by molar-refractivity contribution is -0.145. The monoisotopic (exact) mass is 616 g/mol. The number of carboxylic acid groups (broad SMARTS) is 1. The number of carbonyl (C=O) groups excluding carboxylic acids is 4. The van der Waals surface area contributed by atoms with E-state index < -0.39 is 77.5 Å². The summed E-state index contributed by atoms with van der Waals surface area (Å²) < 4.78 is 46.9. The van der Waals surface area contributed by atoms with Gasteiger partial charge in [-0.2, -0.15) is 4.39 Å². The number of benzene rings is 2. The highest BCUT2D eigenvalue weighted by Crippen LogP contribution is 2.28. The standard InChI is InChI=1S/C32H35F3N2O7/c1-18-13-22(33)28(35)29(27(18)34)44-17-25(39)23(15-26(40)41)36-30(42)20-10-7-8-12-37(16-20)31(43)24(38)14-19-9-5-6-11-21(19)32(2,3)4/h5-9,11,13,20,23H,10,12,14-17H2,1-4H3,(H,36,42)(H,40,41)/t20-,23-/m0/s1. The number of ketones is 2. The quantitative estimate of drug-likeness (QED) is 0.223. The van der Waals surface area contributed by atoms with E-state index in [9.17, 15) is 42.3 Å². The highest BCUT2D eigenvalue weighted by molar-refractivity contribution is 6.36. The van der Waals surface area contributed by atoms with Crippen LogP contribution in [0.25, 0.3) is 0 Å². The fraction of sp³-hybridized carbons (Fsp3) is 0.406. The Bertz CT molecular complexity index is 1460. The van der Waals surface area contributed by atoms with Crippen LogP contribution in [0.4, 0.5) is 13.2 Å². The lowest BCUT2D eigenvalue weighted by atomic mass is 9.82. The van der Waals surface area contributed by atoms with Gasteiger partial charge in [0.05, 0.1) is 12.3 Å². The molecule has 0 radical (unpaired) electrons. The van der Waals surface area contributed by atoms with Crippen LogP contribution in [0, 0.1) is 30.3 Å². The van der Waals surface area contributed by atoms with E-state index in [0.29, 0.717) is 11.6 Å². The van der Waals surface area contributed by atoms with Crippen LogP contribution in [0.2, 0.25) is 0 Å². The second kappa shape index (κ2) is 14.3. The number of amides is 2. The van der Waals surface area contributed by atoms with E-state index in [0.717, 1.165) is 12.5 Å². The van der Waals surface area contributed by atoms with Gasteiger partial charge >= 0.3 is 5.97 Å². The van der Waals surface area contributed by atoms with Crippen LogP contribution in [-0.2, 0) is 35.8 Å². The van der Waals surface area contributed by atoms with Gasteiger partial charge < -0.3 is 20.1 Å². The average molecular weight is 617 g/mol. The molecule has 2 aromatic carbocycles. The molecule has 0 aromatic heterocycles. The molecule has 0 spiro atoms. The maximum absolute atomic E-state index is 14.3. The van der Waals surface area contributed by atoms with Crippen LogP contribution in [0.15, 0.2) is 42.5 Å². The molecule has 1 aliphatic rings. The number of hydrogen-bond donors (Lipinski definition) is 2. The van der Waals surface area contributed by atoms with Crippen LogP contribution < -0.4 is 10.1 Å². The number of Topliss-reactive ketones (excluding diaryl/α,β-unsaturated/α-hetero) is 2. The highest BCUT2D eigenvalue weighted by atomic mass is 19.2. The van der Waals surface area contributed by atoms with Gasteiger partial charge in [0, 0.05) is 19.5 Å². The van der Waals surface area contributed by atoms with Crippen molar-refractivity contribution in [1.82, 2.24) is 10.2 Å². The van der Waals surface area contributed by atoms with Crippen molar-refractivity contribution in [3.63, 3.8) is 0 Å². The number of aryl methyl sites for hydroxylation is 1. The normalized spacial score (nSPS) is 15.7. The van der Waals surface area contributed by atoms with Gasteiger partial charge in [0.1, 0.15) is 12.6 Å². The predicted molar refractivity (Wildman–Crippen MR) is 153 cm³/mol. The first kappa shape index (κ1) is 34.0. The maximum Gasteiger partial charge on any atom is 0.305 e. The molecule has 9 nitrogen and oxygen atoms in total. The first-order valence-corrected chi connectivity index (χ1v) is 14.0. The van der Waals surface area contributed by atoms with Gasteiger partial charge in [0.15, 0.2) is 23.2 Å². The second-order valence-corrected chi connectivity index (χ2v) is 11.7. The molecule has 3 rings (SSSR count). The number of halogens is 3. The molecule has 1 aliphatic heterocycles. The minimum absolute atomic E-state index is 0.0603. The van der Waals surface area contributed by atoms with Gasteiger partial charge in [0.25, 0.3) is 5.91 Å². The molecule has 236 valence electrons. The van der Waals surface area contributed by atoms with Crippen molar-refractivity contribution in [2.75, 3.05) is 19.7 Å². The molecule has 0 bridgehead atoms. The maximum atomic E-state index is 14.3. The summed E-state index contributed by atoms with van der Waals surface area (Å²) in [6.45, 7) is 5.96. The zero-order valence-electron chi connectivity index (χ0n) is 24.9. The summed E-state index contributed by atoms with van der Waals surface area (Å²) in [6.07, 6.45) is 2.37. The SMILES string of the molecule is Cc1cc(F)c(F)c(OCC(=O)[C@H](CC(=O)O)NC(=O)[C@H]2CC=CCN(C(=O)C(=O)Cc3ccccc3C(C)(C)C)C2)c1F. The van der Waals surface area contributed by atoms with Crippen LogP contribution in [-0.4, -0.2) is 65.1 Å². The van der Waals surface area contributed by atoms with Crippen LogP contribution in [0.1, 0.15) is 50.3 Å². The van der Waals surface area contributed by atoms with Gasteiger partial charge in [-0.1, -0.05) is 57.2 Å². The van der Waals surface area contributed by atoms with Gasteiger partial charge in [-0.3, -0.25) is 24.0 Å². The van der Waals surface area contributed by atoms with Gasteiger partial charge in [-0.05, 0) is 41.5 Å². The third-order valence-corrected chi connectivity index (χ3v) is 7.17. The van der Waals surface area contributed by atoms with E-state index >= 15 is 0 Å². The van der Waals surface area contributed by atoms with Crippen molar-refractivity contribution in [3.05, 3.63) is 76.6 Å². The number of hydrogen-bond acceptors (Lipinski definition) is 6. The minimum atomic E-state index is -1.66. The topological polar surface area (TPSA) is 130 Å². The number of nitrogens with zero attached hydrogens (tertiary/aromatic N) is 1. The Balaban J connectivity index is 1.70. The van der Waals surface area contributed by atoms with Gasteiger partial charge in [-0.25, -0.2) is 8.78 Å². The molecule has 0 aliphatic carbocycles. The Kier molecular flexibility index (Phi) is 11.1. The third kappa shape index (κ3) is 8.55. The summed E-state index contributed by atoms with van der Waals surface area (Å²) >= 11 is 0. The average Bonchev–Trinajstić information content (AvgIpc) is 3.21. The third-order valence-electron chi connectivity index (χ3n) is 7.17.